The number of ether oxygens (including phenoxy) is 1. The maximum atomic E-state index is 13.0. The van der Waals surface area contributed by atoms with Crippen molar-refractivity contribution in [3.8, 4) is 0 Å². The normalized spacial score (nSPS) is 26.5. The number of carbonyl (C=O) groups excluding carboxylic acids is 1. The molecule has 1 amide bonds. The molecule has 4 rings (SSSR count). The van der Waals surface area contributed by atoms with E-state index in [1.807, 2.05) is 4.90 Å². The van der Waals surface area contributed by atoms with Crippen molar-refractivity contribution in [2.75, 3.05) is 19.7 Å². The molecule has 3 atom stereocenters. The lowest BCUT2D eigenvalue weighted by Crippen LogP contribution is -2.51. The van der Waals surface area contributed by atoms with Crippen LogP contribution in [0.25, 0.3) is 0 Å². The quantitative estimate of drug-likeness (QED) is 0.821. The molecule has 2 aliphatic rings. The highest BCUT2D eigenvalue weighted by Gasteiger charge is 2.43. The SMILES string of the molecule is Cc1nnc([C@H]2CCO[C@H]3CCN(C(=O)c4c(C)noc4C)C[C@H]32)o1. The largest absolute Gasteiger partial charge is 0.425 e. The van der Waals surface area contributed by atoms with Crippen LogP contribution in [-0.4, -0.2) is 52.0 Å². The monoisotopic (exact) mass is 346 g/mol. The lowest BCUT2D eigenvalue weighted by atomic mass is 9.79. The van der Waals surface area contributed by atoms with E-state index >= 15 is 0 Å². The first-order valence-electron chi connectivity index (χ1n) is 8.68. The third-order valence-corrected chi connectivity index (χ3v) is 5.26. The number of rotatable bonds is 2. The van der Waals surface area contributed by atoms with Gasteiger partial charge in [0.25, 0.3) is 5.91 Å². The molecular formula is C17H22N4O4. The van der Waals surface area contributed by atoms with Crippen LogP contribution in [0.2, 0.25) is 0 Å². The lowest BCUT2D eigenvalue weighted by Gasteiger charge is -2.44. The van der Waals surface area contributed by atoms with E-state index in [0.717, 1.165) is 12.8 Å². The van der Waals surface area contributed by atoms with Gasteiger partial charge >= 0.3 is 0 Å². The smallest absolute Gasteiger partial charge is 0.259 e. The second-order valence-corrected chi connectivity index (χ2v) is 6.87. The highest BCUT2D eigenvalue weighted by molar-refractivity contribution is 5.96. The summed E-state index contributed by atoms with van der Waals surface area (Å²) in [5.74, 6) is 2.04. The minimum atomic E-state index is -0.0271. The number of piperidine rings is 1. The van der Waals surface area contributed by atoms with Gasteiger partial charge in [0.2, 0.25) is 11.8 Å². The van der Waals surface area contributed by atoms with E-state index in [1.54, 1.807) is 20.8 Å². The Morgan fingerprint density at radius 1 is 1.20 bits per heavy atom. The fourth-order valence-corrected chi connectivity index (χ4v) is 4.01. The highest BCUT2D eigenvalue weighted by atomic mass is 16.5. The molecule has 2 saturated heterocycles. The predicted octanol–water partition coefficient (Wildman–Crippen LogP) is 2.02. The van der Waals surface area contributed by atoms with Gasteiger partial charge in [0.15, 0.2) is 0 Å². The van der Waals surface area contributed by atoms with Gasteiger partial charge in [0.1, 0.15) is 11.3 Å². The van der Waals surface area contributed by atoms with Gasteiger partial charge in [-0.3, -0.25) is 4.79 Å². The molecule has 0 aromatic carbocycles. The summed E-state index contributed by atoms with van der Waals surface area (Å²) >= 11 is 0. The molecule has 25 heavy (non-hydrogen) atoms. The number of aryl methyl sites for hydroxylation is 3. The van der Waals surface area contributed by atoms with Crippen LogP contribution in [0.4, 0.5) is 0 Å². The Kier molecular flexibility index (Phi) is 4.07. The van der Waals surface area contributed by atoms with Crippen molar-refractivity contribution in [1.82, 2.24) is 20.3 Å². The van der Waals surface area contributed by atoms with Gasteiger partial charge < -0.3 is 18.6 Å². The molecule has 8 heteroatoms. The Morgan fingerprint density at radius 3 is 2.72 bits per heavy atom. The molecule has 2 fully saturated rings. The Morgan fingerprint density at radius 2 is 2.04 bits per heavy atom. The van der Waals surface area contributed by atoms with E-state index in [1.165, 1.54) is 0 Å². The topological polar surface area (TPSA) is 94.5 Å². The summed E-state index contributed by atoms with van der Waals surface area (Å²) in [6.45, 7) is 7.32. The molecule has 0 unspecified atom stereocenters. The van der Waals surface area contributed by atoms with Crippen molar-refractivity contribution in [3.63, 3.8) is 0 Å². The Balaban J connectivity index is 1.57. The van der Waals surface area contributed by atoms with E-state index in [2.05, 4.69) is 15.4 Å². The minimum Gasteiger partial charge on any atom is -0.425 e. The summed E-state index contributed by atoms with van der Waals surface area (Å²) in [7, 11) is 0. The summed E-state index contributed by atoms with van der Waals surface area (Å²) in [6, 6.07) is 0. The van der Waals surface area contributed by atoms with Crippen molar-refractivity contribution in [2.24, 2.45) is 5.92 Å². The van der Waals surface area contributed by atoms with Crippen molar-refractivity contribution in [2.45, 2.75) is 45.6 Å². The van der Waals surface area contributed by atoms with Crippen LogP contribution in [0.15, 0.2) is 8.94 Å². The van der Waals surface area contributed by atoms with Crippen LogP contribution in [0, 0.1) is 26.7 Å². The highest BCUT2D eigenvalue weighted by Crippen LogP contribution is 2.39. The minimum absolute atomic E-state index is 0.0271. The number of hydrogen-bond acceptors (Lipinski definition) is 7. The maximum absolute atomic E-state index is 13.0. The lowest BCUT2D eigenvalue weighted by molar-refractivity contribution is -0.0751. The molecule has 0 radical (unpaired) electrons. The van der Waals surface area contributed by atoms with Gasteiger partial charge in [0.05, 0.1) is 11.8 Å². The zero-order chi connectivity index (χ0) is 17.6. The Bertz CT molecular complexity index is 764. The molecular weight excluding hydrogens is 324 g/mol. The number of aromatic nitrogens is 3. The Labute approximate surface area is 145 Å². The van der Waals surface area contributed by atoms with E-state index in [4.69, 9.17) is 13.7 Å². The van der Waals surface area contributed by atoms with Gasteiger partial charge in [-0.05, 0) is 26.7 Å². The molecule has 8 nitrogen and oxygen atoms in total. The fourth-order valence-electron chi connectivity index (χ4n) is 4.01. The first kappa shape index (κ1) is 16.3. The number of nitrogens with zero attached hydrogens (tertiary/aromatic N) is 4. The molecule has 0 N–H and O–H groups in total. The van der Waals surface area contributed by atoms with Crippen molar-refractivity contribution < 1.29 is 18.5 Å². The third-order valence-electron chi connectivity index (χ3n) is 5.26. The van der Waals surface area contributed by atoms with E-state index in [0.29, 0.717) is 48.5 Å². The van der Waals surface area contributed by atoms with Gasteiger partial charge in [-0.2, -0.15) is 0 Å². The second kappa shape index (κ2) is 6.25. The summed E-state index contributed by atoms with van der Waals surface area (Å²) in [6.07, 6.45) is 1.76. The van der Waals surface area contributed by atoms with Gasteiger partial charge in [0, 0.05) is 38.5 Å². The van der Waals surface area contributed by atoms with E-state index < -0.39 is 0 Å². The first-order chi connectivity index (χ1) is 12.0. The number of hydrogen-bond donors (Lipinski definition) is 0. The molecule has 2 aromatic rings. The third kappa shape index (κ3) is 2.84. The zero-order valence-corrected chi connectivity index (χ0v) is 14.7. The average molecular weight is 346 g/mol. The Hall–Kier alpha value is -2.22. The van der Waals surface area contributed by atoms with Gasteiger partial charge in [-0.1, -0.05) is 5.16 Å². The van der Waals surface area contributed by atoms with Crippen LogP contribution >= 0.6 is 0 Å². The van der Waals surface area contributed by atoms with Crippen LogP contribution in [0.1, 0.15) is 52.4 Å². The summed E-state index contributed by atoms with van der Waals surface area (Å²) in [4.78, 5) is 14.8. The molecule has 0 bridgehead atoms. The maximum Gasteiger partial charge on any atom is 0.259 e. The summed E-state index contributed by atoms with van der Waals surface area (Å²) in [5, 5.41) is 12.1. The van der Waals surface area contributed by atoms with E-state index in [9.17, 15) is 4.79 Å². The van der Waals surface area contributed by atoms with Crippen molar-refractivity contribution in [1.29, 1.82) is 0 Å². The average Bonchev–Trinajstić information content (AvgIpc) is 3.19. The molecule has 4 heterocycles. The predicted molar refractivity (Wildman–Crippen MR) is 86.1 cm³/mol. The number of amides is 1. The van der Waals surface area contributed by atoms with Crippen molar-refractivity contribution in [3.05, 3.63) is 28.8 Å². The molecule has 0 saturated carbocycles. The van der Waals surface area contributed by atoms with Gasteiger partial charge in [-0.15, -0.1) is 10.2 Å². The number of likely N-dealkylation sites (tertiary alicyclic amines) is 1. The van der Waals surface area contributed by atoms with Crippen LogP contribution in [0.5, 0.6) is 0 Å². The number of carbonyl (C=O) groups is 1. The van der Waals surface area contributed by atoms with Crippen LogP contribution < -0.4 is 0 Å². The van der Waals surface area contributed by atoms with Crippen LogP contribution in [-0.2, 0) is 4.74 Å². The second-order valence-electron chi connectivity index (χ2n) is 6.87. The molecule has 0 spiro atoms. The molecule has 0 aliphatic carbocycles. The molecule has 2 aliphatic heterocycles. The fraction of sp³-hybridized carbons (Fsp3) is 0.647. The van der Waals surface area contributed by atoms with E-state index in [-0.39, 0.29) is 23.8 Å². The molecule has 2 aromatic heterocycles. The molecule has 134 valence electrons. The van der Waals surface area contributed by atoms with Gasteiger partial charge in [-0.25, -0.2) is 0 Å². The number of fused-ring (bicyclic) bond motifs is 1. The first-order valence-corrected chi connectivity index (χ1v) is 8.68. The summed E-state index contributed by atoms with van der Waals surface area (Å²) < 4.78 is 16.8. The standard InChI is InChI=1S/C17H22N4O4/c1-9-15(10(2)25-20-9)17(22)21-6-4-14-13(8-21)12(5-7-23-14)16-19-18-11(3)24-16/h12-14H,4-8H2,1-3H3/t12-,13-,14-/m0/s1. The van der Waals surface area contributed by atoms with Crippen LogP contribution in [0.3, 0.4) is 0 Å². The van der Waals surface area contributed by atoms with Crippen molar-refractivity contribution >= 4 is 5.91 Å². The summed E-state index contributed by atoms with van der Waals surface area (Å²) in [5.41, 5.74) is 1.20. The zero-order valence-electron chi connectivity index (χ0n) is 14.7.